The van der Waals surface area contributed by atoms with Crippen LogP contribution >= 0.6 is 0 Å². The van der Waals surface area contributed by atoms with E-state index in [2.05, 4.69) is 11.3 Å². The summed E-state index contributed by atoms with van der Waals surface area (Å²) in [6.45, 7) is 2.57. The second-order valence-corrected chi connectivity index (χ2v) is 8.49. The molecule has 0 saturated carbocycles. The van der Waals surface area contributed by atoms with Gasteiger partial charge < -0.3 is 14.6 Å². The summed E-state index contributed by atoms with van der Waals surface area (Å²) in [4.78, 5) is 11.5. The van der Waals surface area contributed by atoms with Gasteiger partial charge in [-0.15, -0.1) is 0 Å². The van der Waals surface area contributed by atoms with Gasteiger partial charge in [0.15, 0.2) is 0 Å². The van der Waals surface area contributed by atoms with E-state index in [0.717, 1.165) is 0 Å². The van der Waals surface area contributed by atoms with E-state index in [1.54, 1.807) is 6.92 Å². The van der Waals surface area contributed by atoms with Crippen LogP contribution in [0.2, 0.25) is 0 Å². The molecule has 0 aliphatic heterocycles. The fourth-order valence-electron chi connectivity index (χ4n) is 3.00. The number of carbonyl (C=O) groups excluding carboxylic acids is 1. The third-order valence-corrected chi connectivity index (χ3v) is 5.36. The van der Waals surface area contributed by atoms with Crippen molar-refractivity contribution in [2.75, 3.05) is 26.4 Å². The molecule has 0 aliphatic rings. The van der Waals surface area contributed by atoms with Crippen molar-refractivity contribution in [2.24, 2.45) is 0 Å². The molecule has 0 spiro atoms. The first-order chi connectivity index (χ1) is 17.2. The molecule has 1 N–H and O–H groups in total. The molecule has 0 aromatic rings. The number of rotatable bonds is 20. The van der Waals surface area contributed by atoms with Crippen molar-refractivity contribution in [3.8, 4) is 0 Å². The van der Waals surface area contributed by atoms with Crippen LogP contribution in [0.5, 0.6) is 0 Å². The molecule has 0 saturated heterocycles. The highest BCUT2D eigenvalue weighted by Crippen LogP contribution is 2.61. The molecule has 0 rings (SSSR count). The number of carbonyl (C=O) groups is 1. The molecule has 0 aliphatic carbocycles. The van der Waals surface area contributed by atoms with Crippen LogP contribution in [0.4, 0.5) is 52.7 Å². The van der Waals surface area contributed by atoms with E-state index in [1.807, 2.05) is 0 Å². The lowest BCUT2D eigenvalue weighted by molar-refractivity contribution is -0.425. The SMILES string of the molecule is C=C(COCCO)C(=O)OCCCC(F)(F)C(F)(F)C(F)(F)C(F)(F)C(F)(F)C(F)(F)CCCCCCC. The van der Waals surface area contributed by atoms with Gasteiger partial charge in [0, 0.05) is 12.8 Å². The number of ether oxygens (including phenoxy) is 2. The maximum atomic E-state index is 14.0. The number of alkyl halides is 12. The zero-order valence-electron chi connectivity index (χ0n) is 20.4. The van der Waals surface area contributed by atoms with Crippen molar-refractivity contribution < 1.29 is 72.1 Å². The molecule has 4 nitrogen and oxygen atoms in total. The van der Waals surface area contributed by atoms with E-state index in [4.69, 9.17) is 9.84 Å². The summed E-state index contributed by atoms with van der Waals surface area (Å²) < 4.78 is 176. The molecule has 0 fully saturated rings. The van der Waals surface area contributed by atoms with Crippen LogP contribution in [0.25, 0.3) is 0 Å². The van der Waals surface area contributed by atoms with Crippen LogP contribution in [0.15, 0.2) is 12.2 Å². The number of esters is 1. The van der Waals surface area contributed by atoms with Gasteiger partial charge >= 0.3 is 41.5 Å². The molecule has 0 radical (unpaired) electrons. The summed E-state index contributed by atoms with van der Waals surface area (Å²) in [6, 6.07) is 0. The van der Waals surface area contributed by atoms with Crippen molar-refractivity contribution in [3.63, 3.8) is 0 Å². The maximum absolute atomic E-state index is 14.0. The Bertz CT molecular complexity index is 757. The Labute approximate surface area is 211 Å². The number of hydrogen-bond donors (Lipinski definition) is 1. The minimum Gasteiger partial charge on any atom is -0.462 e. The lowest BCUT2D eigenvalue weighted by Crippen LogP contribution is -2.70. The van der Waals surface area contributed by atoms with Crippen molar-refractivity contribution in [2.45, 2.75) is 93.8 Å². The summed E-state index contributed by atoms with van der Waals surface area (Å²) in [7, 11) is 0. The fraction of sp³-hybridized carbons (Fsp3) is 0.864. The van der Waals surface area contributed by atoms with Crippen molar-refractivity contribution in [3.05, 3.63) is 12.2 Å². The Morgan fingerprint density at radius 1 is 0.684 bits per heavy atom. The zero-order chi connectivity index (χ0) is 30.1. The van der Waals surface area contributed by atoms with Crippen molar-refractivity contribution in [1.29, 1.82) is 0 Å². The highest BCUT2D eigenvalue weighted by atomic mass is 19.4. The quantitative estimate of drug-likeness (QED) is 0.0720. The first kappa shape index (κ1) is 36.3. The van der Waals surface area contributed by atoms with E-state index in [9.17, 15) is 57.5 Å². The minimum absolute atomic E-state index is 0.177. The first-order valence-electron chi connectivity index (χ1n) is 11.5. The molecule has 0 aromatic heterocycles. The average Bonchev–Trinajstić information content (AvgIpc) is 2.80. The van der Waals surface area contributed by atoms with Crippen molar-refractivity contribution >= 4 is 5.97 Å². The number of unbranched alkanes of at least 4 members (excludes halogenated alkanes) is 4. The van der Waals surface area contributed by atoms with E-state index in [-0.39, 0.29) is 19.4 Å². The Morgan fingerprint density at radius 2 is 1.13 bits per heavy atom. The molecule has 226 valence electrons. The highest BCUT2D eigenvalue weighted by Gasteiger charge is 2.89. The number of aliphatic hydroxyl groups excluding tert-OH is 1. The summed E-state index contributed by atoms with van der Waals surface area (Å²) in [6.07, 6.45) is -5.53. The fourth-order valence-corrected chi connectivity index (χ4v) is 3.00. The van der Waals surface area contributed by atoms with Crippen LogP contribution in [0.1, 0.15) is 58.3 Å². The topological polar surface area (TPSA) is 55.8 Å². The lowest BCUT2D eigenvalue weighted by Gasteiger charge is -2.41. The van der Waals surface area contributed by atoms with Gasteiger partial charge in [0.05, 0.1) is 32.0 Å². The first-order valence-corrected chi connectivity index (χ1v) is 11.5. The van der Waals surface area contributed by atoms with Gasteiger partial charge in [0.1, 0.15) is 0 Å². The van der Waals surface area contributed by atoms with Gasteiger partial charge in [-0.25, -0.2) is 4.79 Å². The van der Waals surface area contributed by atoms with Gasteiger partial charge in [-0.2, -0.15) is 52.7 Å². The molecule has 0 heterocycles. The van der Waals surface area contributed by atoms with Gasteiger partial charge in [-0.3, -0.25) is 0 Å². The van der Waals surface area contributed by atoms with Crippen molar-refractivity contribution in [1.82, 2.24) is 0 Å². The standard InChI is InChI=1S/C22H30F12O4/c1-3-4-5-6-7-9-17(23,24)19(27,28)21(31,32)22(33,34)20(29,30)18(25,26)10-8-12-38-16(36)15(2)14-37-13-11-35/h35H,2-14H2,1H3. The average molecular weight is 586 g/mol. The summed E-state index contributed by atoms with van der Waals surface area (Å²) in [5.41, 5.74) is -0.421. The van der Waals surface area contributed by atoms with E-state index < -0.39 is 92.6 Å². The number of aliphatic hydroxyl groups is 1. The molecule has 0 bridgehead atoms. The molecule has 38 heavy (non-hydrogen) atoms. The van der Waals surface area contributed by atoms with Crippen LogP contribution in [0.3, 0.4) is 0 Å². The molecule has 0 aromatic carbocycles. The molecule has 0 amide bonds. The predicted octanol–water partition coefficient (Wildman–Crippen LogP) is 7.05. The second-order valence-electron chi connectivity index (χ2n) is 8.49. The van der Waals surface area contributed by atoms with Crippen LogP contribution in [0, 0.1) is 0 Å². The second kappa shape index (κ2) is 14.1. The normalized spacial score (nSPS) is 14.1. The maximum Gasteiger partial charge on any atom is 0.384 e. The number of hydrogen-bond acceptors (Lipinski definition) is 4. The van der Waals surface area contributed by atoms with Crippen LogP contribution < -0.4 is 0 Å². The Morgan fingerprint density at radius 3 is 1.58 bits per heavy atom. The number of halogens is 12. The molecule has 0 unspecified atom stereocenters. The van der Waals surface area contributed by atoms with Gasteiger partial charge in [0.2, 0.25) is 0 Å². The zero-order valence-corrected chi connectivity index (χ0v) is 20.4. The predicted molar refractivity (Wildman–Crippen MR) is 110 cm³/mol. The largest absolute Gasteiger partial charge is 0.462 e. The summed E-state index contributed by atoms with van der Waals surface area (Å²) in [5.74, 6) is -42.9. The Kier molecular flexibility index (Phi) is 13.4. The monoisotopic (exact) mass is 586 g/mol. The lowest BCUT2D eigenvalue weighted by atomic mass is 9.88. The molecule has 16 heteroatoms. The third-order valence-electron chi connectivity index (χ3n) is 5.36. The third kappa shape index (κ3) is 8.15. The Hall–Kier alpha value is -1.71. The summed E-state index contributed by atoms with van der Waals surface area (Å²) >= 11 is 0. The van der Waals surface area contributed by atoms with Gasteiger partial charge in [-0.05, 0) is 12.8 Å². The summed E-state index contributed by atoms with van der Waals surface area (Å²) in [5, 5.41) is 8.50. The molecular weight excluding hydrogens is 556 g/mol. The van der Waals surface area contributed by atoms with E-state index in [0.29, 0.717) is 12.8 Å². The smallest absolute Gasteiger partial charge is 0.384 e. The molecular formula is C22H30F12O4. The van der Waals surface area contributed by atoms with Crippen LogP contribution in [-0.4, -0.2) is 73.0 Å². The highest BCUT2D eigenvalue weighted by molar-refractivity contribution is 5.87. The van der Waals surface area contributed by atoms with Crippen LogP contribution in [-0.2, 0) is 14.3 Å². The minimum atomic E-state index is -7.62. The van der Waals surface area contributed by atoms with E-state index in [1.165, 1.54) is 0 Å². The van der Waals surface area contributed by atoms with Gasteiger partial charge in [-0.1, -0.05) is 39.2 Å². The van der Waals surface area contributed by atoms with E-state index >= 15 is 0 Å². The Balaban J connectivity index is 5.44. The molecule has 0 atom stereocenters. The van der Waals surface area contributed by atoms with Gasteiger partial charge in [0.25, 0.3) is 0 Å².